The van der Waals surface area contributed by atoms with Crippen LogP contribution in [-0.2, 0) is 28.8 Å². The highest BCUT2D eigenvalue weighted by Gasteiger charge is 2.52. The van der Waals surface area contributed by atoms with Crippen molar-refractivity contribution in [3.05, 3.63) is 54.1 Å². The Kier molecular flexibility index (Phi) is 12.5. The number of carbonyl (C=O) groups is 6. The minimum absolute atomic E-state index is 0.0142. The maximum atomic E-state index is 13.2. The molecule has 0 amide bonds. The van der Waals surface area contributed by atoms with Crippen LogP contribution in [0.15, 0.2) is 48.6 Å². The van der Waals surface area contributed by atoms with Gasteiger partial charge in [0.2, 0.25) is 0 Å². The van der Waals surface area contributed by atoms with E-state index >= 15 is 0 Å². The quantitative estimate of drug-likeness (QED) is 0.133. The van der Waals surface area contributed by atoms with Gasteiger partial charge in [0, 0.05) is 62.5 Å². The first kappa shape index (κ1) is 33.9. The van der Waals surface area contributed by atoms with Gasteiger partial charge in [-0.2, -0.15) is 0 Å². The highest BCUT2D eigenvalue weighted by Crippen LogP contribution is 2.40. The molecule has 0 atom stereocenters. The first-order chi connectivity index (χ1) is 21.0. The summed E-state index contributed by atoms with van der Waals surface area (Å²) in [7, 11) is 0. The van der Waals surface area contributed by atoms with Crippen molar-refractivity contribution in [2.45, 2.75) is 57.3 Å². The second-order valence-corrected chi connectivity index (χ2v) is 11.0. The van der Waals surface area contributed by atoms with Crippen molar-refractivity contribution in [2.75, 3.05) is 31.1 Å². The third-order valence-corrected chi connectivity index (χ3v) is 7.78. The lowest BCUT2D eigenvalue weighted by Crippen LogP contribution is -2.49. The number of benzene rings is 1. The predicted molar refractivity (Wildman–Crippen MR) is 159 cm³/mol. The lowest BCUT2D eigenvalue weighted by molar-refractivity contribution is -0.527. The van der Waals surface area contributed by atoms with Gasteiger partial charge in [-0.05, 0) is 30.5 Å². The van der Waals surface area contributed by atoms with Crippen LogP contribution >= 0.6 is 0 Å². The third-order valence-electron chi connectivity index (χ3n) is 7.78. The standard InChI is InChI=1S/C32H38N2O10/c35-25(36)5-1-17-33(18-2-6-26(37)38)23-13-9-21(10-14-23)29-31(43)30(32(29)44)22-11-15-24(16-12-22)34(19-3-7-27(39)40)20-4-8-28(41)42/h9-16,21,29-30H,1-8,17-20H2,(H3-,35,36,37,38,39,40,41,42)/p+1. The number of carboxylic acid groups (broad SMARTS) is 4. The maximum absolute atomic E-state index is 13.2. The van der Waals surface area contributed by atoms with Crippen LogP contribution in [0.5, 0.6) is 0 Å². The number of rotatable bonds is 19. The molecule has 1 fully saturated rings. The Hall–Kier alpha value is -4.61. The molecule has 0 radical (unpaired) electrons. The SMILES string of the molecule is O=C(O)CCCN(CCCC(=O)O)c1ccc(C2C(=O)C(C3C=CC(=[N+](CCCC(=O)O)CCCC(=O)O)C=C3)C2=O)cc1. The molecule has 0 aliphatic heterocycles. The normalized spacial score (nSPS) is 19.0. The average Bonchev–Trinajstić information content (AvgIpc) is 2.96. The van der Waals surface area contributed by atoms with E-state index in [1.165, 1.54) is 0 Å². The molecule has 0 unspecified atom stereocenters. The Morgan fingerprint density at radius 2 is 1.09 bits per heavy atom. The smallest absolute Gasteiger partial charge is 0.303 e. The van der Waals surface area contributed by atoms with E-state index in [1.54, 1.807) is 48.6 Å². The monoisotopic (exact) mass is 611 g/mol. The lowest BCUT2D eigenvalue weighted by Gasteiger charge is -2.36. The van der Waals surface area contributed by atoms with Gasteiger partial charge in [0.1, 0.15) is 19.0 Å². The molecular weight excluding hydrogens is 572 g/mol. The third kappa shape index (κ3) is 9.72. The summed E-state index contributed by atoms with van der Waals surface area (Å²) in [5, 5.41) is 35.9. The van der Waals surface area contributed by atoms with Crippen molar-refractivity contribution < 1.29 is 53.8 Å². The highest BCUT2D eigenvalue weighted by atomic mass is 16.4. The van der Waals surface area contributed by atoms with Crippen molar-refractivity contribution in [1.82, 2.24) is 0 Å². The van der Waals surface area contributed by atoms with Gasteiger partial charge in [0.05, 0.1) is 18.8 Å². The van der Waals surface area contributed by atoms with Gasteiger partial charge in [-0.1, -0.05) is 24.3 Å². The largest absolute Gasteiger partial charge is 0.481 e. The molecular formula is C32H39N2O10+. The summed E-state index contributed by atoms with van der Waals surface area (Å²) in [5.41, 5.74) is 2.08. The fourth-order valence-electron chi connectivity index (χ4n) is 5.53. The Morgan fingerprint density at radius 3 is 1.52 bits per heavy atom. The van der Waals surface area contributed by atoms with Crippen molar-refractivity contribution >= 4 is 46.8 Å². The lowest BCUT2D eigenvalue weighted by atomic mass is 9.63. The number of nitrogens with zero attached hydrogens (tertiary/aromatic N) is 2. The highest BCUT2D eigenvalue weighted by molar-refractivity contribution is 6.28. The van der Waals surface area contributed by atoms with Crippen LogP contribution in [0.4, 0.5) is 5.69 Å². The van der Waals surface area contributed by atoms with Crippen molar-refractivity contribution in [1.29, 1.82) is 0 Å². The van der Waals surface area contributed by atoms with E-state index in [2.05, 4.69) is 0 Å². The molecule has 1 aromatic rings. The molecule has 0 saturated heterocycles. The van der Waals surface area contributed by atoms with Gasteiger partial charge >= 0.3 is 23.9 Å². The molecule has 4 N–H and O–H groups in total. The number of allylic oxidation sites excluding steroid dienone is 4. The molecule has 0 heterocycles. The summed E-state index contributed by atoms with van der Waals surface area (Å²) in [6.45, 7) is 1.70. The van der Waals surface area contributed by atoms with Gasteiger partial charge in [-0.25, -0.2) is 4.58 Å². The van der Waals surface area contributed by atoms with Gasteiger partial charge in [0.15, 0.2) is 17.3 Å². The maximum Gasteiger partial charge on any atom is 0.303 e. The van der Waals surface area contributed by atoms with Crippen molar-refractivity contribution in [3.63, 3.8) is 0 Å². The van der Waals surface area contributed by atoms with Gasteiger partial charge in [-0.3, -0.25) is 28.8 Å². The number of hydrogen-bond acceptors (Lipinski definition) is 7. The van der Waals surface area contributed by atoms with Crippen LogP contribution in [0.1, 0.15) is 62.8 Å². The molecule has 2 aliphatic carbocycles. The second kappa shape index (κ2) is 16.3. The molecule has 12 heteroatoms. The summed E-state index contributed by atoms with van der Waals surface area (Å²) in [6, 6.07) is 6.93. The summed E-state index contributed by atoms with van der Waals surface area (Å²) in [5.74, 6) is -6.15. The van der Waals surface area contributed by atoms with E-state index in [0.29, 0.717) is 57.4 Å². The van der Waals surface area contributed by atoms with E-state index < -0.39 is 41.6 Å². The van der Waals surface area contributed by atoms with E-state index in [9.17, 15) is 28.8 Å². The molecule has 0 aromatic heterocycles. The zero-order chi connectivity index (χ0) is 32.2. The first-order valence-electron chi connectivity index (χ1n) is 14.8. The number of Topliss-reactive ketones (excluding diaryl/α,β-unsaturated/α-hetero) is 2. The second-order valence-electron chi connectivity index (χ2n) is 11.0. The number of ketones is 2. The van der Waals surface area contributed by atoms with Crippen LogP contribution in [0.2, 0.25) is 0 Å². The van der Waals surface area contributed by atoms with Crippen molar-refractivity contribution in [3.8, 4) is 0 Å². The Balaban J connectivity index is 1.66. The van der Waals surface area contributed by atoms with E-state index in [4.69, 9.17) is 20.4 Å². The molecule has 1 aromatic carbocycles. The van der Waals surface area contributed by atoms with Crippen LogP contribution in [0.3, 0.4) is 0 Å². The zero-order valence-electron chi connectivity index (χ0n) is 24.5. The minimum atomic E-state index is -0.914. The average molecular weight is 612 g/mol. The summed E-state index contributed by atoms with van der Waals surface area (Å²) < 4.78 is 1.91. The summed E-state index contributed by atoms with van der Waals surface area (Å²) in [4.78, 5) is 72.0. The van der Waals surface area contributed by atoms with Gasteiger partial charge in [0.25, 0.3) is 0 Å². The molecule has 0 spiro atoms. The van der Waals surface area contributed by atoms with Gasteiger partial charge in [-0.15, -0.1) is 0 Å². The summed E-state index contributed by atoms with van der Waals surface area (Å²) in [6.07, 6.45) is 8.62. The number of anilines is 1. The van der Waals surface area contributed by atoms with Crippen LogP contribution in [0, 0.1) is 11.8 Å². The number of carbonyl (C=O) groups excluding carboxylic acids is 2. The minimum Gasteiger partial charge on any atom is -0.481 e. The molecule has 2 aliphatic rings. The topological polar surface area (TPSA) is 190 Å². The van der Waals surface area contributed by atoms with Gasteiger partial charge < -0.3 is 25.3 Å². The molecule has 236 valence electrons. The van der Waals surface area contributed by atoms with Crippen LogP contribution < -0.4 is 4.90 Å². The Bertz CT molecular complexity index is 1270. The van der Waals surface area contributed by atoms with Crippen LogP contribution in [0.25, 0.3) is 0 Å². The molecule has 44 heavy (non-hydrogen) atoms. The van der Waals surface area contributed by atoms with Crippen molar-refractivity contribution in [2.24, 2.45) is 11.8 Å². The fraction of sp³-hybridized carbons (Fsp3) is 0.469. The number of aliphatic carboxylic acids is 4. The van der Waals surface area contributed by atoms with E-state index in [1.807, 2.05) is 9.48 Å². The fourth-order valence-corrected chi connectivity index (χ4v) is 5.53. The molecule has 3 rings (SSSR count). The number of hydrogen-bond donors (Lipinski definition) is 4. The molecule has 0 bridgehead atoms. The summed E-state index contributed by atoms with van der Waals surface area (Å²) >= 11 is 0. The zero-order valence-corrected chi connectivity index (χ0v) is 24.5. The van der Waals surface area contributed by atoms with E-state index in [0.717, 1.165) is 11.4 Å². The Labute approximate surface area is 255 Å². The molecule has 12 nitrogen and oxygen atoms in total. The first-order valence-corrected chi connectivity index (χ1v) is 14.8. The molecule has 1 saturated carbocycles. The predicted octanol–water partition coefficient (Wildman–Crippen LogP) is 3.00. The van der Waals surface area contributed by atoms with Crippen LogP contribution in [-0.4, -0.2) is 92.3 Å². The Morgan fingerprint density at radius 1 is 0.659 bits per heavy atom. The number of carboxylic acids is 4. The van der Waals surface area contributed by atoms with E-state index in [-0.39, 0.29) is 37.2 Å².